The van der Waals surface area contributed by atoms with E-state index in [0.717, 1.165) is 14.6 Å². The maximum absolute atomic E-state index is 12.4. The molecular formula is C19H11Cl2NO2S2. The Balaban J connectivity index is 1.47. The molecule has 0 atom stereocenters. The molecule has 0 saturated carbocycles. The molecule has 3 nitrogen and oxygen atoms in total. The topological polar surface area (TPSA) is 43.1 Å². The summed E-state index contributed by atoms with van der Waals surface area (Å²) >= 11 is 15.1. The molecule has 0 unspecified atom stereocenters. The van der Waals surface area contributed by atoms with Crippen LogP contribution in [0.25, 0.3) is 21.5 Å². The number of Topliss-reactive ketones (excluding diaryl/α,β-unsaturated/α-hetero) is 1. The van der Waals surface area contributed by atoms with Gasteiger partial charge < -0.3 is 4.42 Å². The van der Waals surface area contributed by atoms with Gasteiger partial charge in [-0.2, -0.15) is 0 Å². The van der Waals surface area contributed by atoms with Gasteiger partial charge in [-0.1, -0.05) is 47.1 Å². The first kappa shape index (κ1) is 17.6. The zero-order valence-electron chi connectivity index (χ0n) is 13.2. The molecule has 0 amide bonds. The summed E-state index contributed by atoms with van der Waals surface area (Å²) in [5.41, 5.74) is 1.65. The van der Waals surface area contributed by atoms with Gasteiger partial charge in [-0.25, -0.2) is 4.98 Å². The highest BCUT2D eigenvalue weighted by molar-refractivity contribution is 8.01. The highest BCUT2D eigenvalue weighted by Gasteiger charge is 2.15. The lowest BCUT2D eigenvalue weighted by Gasteiger charge is -2.01. The fourth-order valence-electron chi connectivity index (χ4n) is 2.43. The number of ketones is 1. The van der Waals surface area contributed by atoms with Gasteiger partial charge in [-0.3, -0.25) is 4.79 Å². The van der Waals surface area contributed by atoms with Crippen molar-refractivity contribution in [1.29, 1.82) is 0 Å². The molecule has 0 saturated heterocycles. The van der Waals surface area contributed by atoms with Gasteiger partial charge in [-0.05, 0) is 42.5 Å². The van der Waals surface area contributed by atoms with E-state index in [-0.39, 0.29) is 11.5 Å². The van der Waals surface area contributed by atoms with Gasteiger partial charge in [0, 0.05) is 10.6 Å². The summed E-state index contributed by atoms with van der Waals surface area (Å²) in [6, 6.07) is 16.5. The van der Waals surface area contributed by atoms with Crippen molar-refractivity contribution < 1.29 is 9.21 Å². The van der Waals surface area contributed by atoms with Gasteiger partial charge in [0.15, 0.2) is 10.1 Å². The summed E-state index contributed by atoms with van der Waals surface area (Å²) in [7, 11) is 0. The minimum Gasteiger partial charge on any atom is -0.453 e. The summed E-state index contributed by atoms with van der Waals surface area (Å²) in [5.74, 6) is 1.02. The Morgan fingerprint density at radius 3 is 2.77 bits per heavy atom. The largest absolute Gasteiger partial charge is 0.453 e. The van der Waals surface area contributed by atoms with Crippen LogP contribution in [0.4, 0.5) is 0 Å². The summed E-state index contributed by atoms with van der Waals surface area (Å²) in [6.45, 7) is 0. The van der Waals surface area contributed by atoms with Crippen molar-refractivity contribution >= 4 is 62.3 Å². The molecule has 0 radical (unpaired) electrons. The van der Waals surface area contributed by atoms with E-state index in [9.17, 15) is 4.79 Å². The van der Waals surface area contributed by atoms with E-state index in [1.165, 1.54) is 11.8 Å². The van der Waals surface area contributed by atoms with E-state index in [0.29, 0.717) is 27.1 Å². The van der Waals surface area contributed by atoms with Crippen LogP contribution in [0.15, 0.2) is 63.4 Å². The Hall–Kier alpha value is -1.79. The van der Waals surface area contributed by atoms with Crippen molar-refractivity contribution in [2.45, 2.75) is 4.34 Å². The van der Waals surface area contributed by atoms with E-state index in [1.807, 2.05) is 24.3 Å². The SMILES string of the molecule is O=C(CSc1nc2ccccc2s1)c1ccc(-c2ccc(Cl)cc2Cl)o1. The number of carbonyl (C=O) groups is 1. The van der Waals surface area contributed by atoms with Gasteiger partial charge >= 0.3 is 0 Å². The molecule has 0 N–H and O–H groups in total. The Morgan fingerprint density at radius 2 is 1.96 bits per heavy atom. The lowest BCUT2D eigenvalue weighted by Crippen LogP contribution is -2.00. The number of hydrogen-bond donors (Lipinski definition) is 0. The minimum absolute atomic E-state index is 0.0920. The number of carbonyl (C=O) groups excluding carboxylic acids is 1. The molecule has 26 heavy (non-hydrogen) atoms. The fraction of sp³-hybridized carbons (Fsp3) is 0.0526. The summed E-state index contributed by atoms with van der Waals surface area (Å²) in [6.07, 6.45) is 0. The van der Waals surface area contributed by atoms with Crippen LogP contribution in [0.2, 0.25) is 10.0 Å². The lowest BCUT2D eigenvalue weighted by atomic mass is 10.2. The predicted octanol–water partition coefficient (Wildman–Crippen LogP) is 6.84. The van der Waals surface area contributed by atoms with Gasteiger partial charge in [0.1, 0.15) is 5.76 Å². The van der Waals surface area contributed by atoms with Gasteiger partial charge in [0.2, 0.25) is 5.78 Å². The zero-order valence-corrected chi connectivity index (χ0v) is 16.4. The molecule has 2 aromatic heterocycles. The Labute approximate surface area is 168 Å². The van der Waals surface area contributed by atoms with Crippen LogP contribution in [0.1, 0.15) is 10.6 Å². The van der Waals surface area contributed by atoms with E-state index in [2.05, 4.69) is 4.98 Å². The smallest absolute Gasteiger partial charge is 0.208 e. The molecule has 7 heteroatoms. The first-order chi connectivity index (χ1) is 12.6. The predicted molar refractivity (Wildman–Crippen MR) is 109 cm³/mol. The Kier molecular flexibility index (Phi) is 5.05. The van der Waals surface area contributed by atoms with Crippen molar-refractivity contribution in [2.24, 2.45) is 0 Å². The third-order valence-electron chi connectivity index (χ3n) is 3.68. The van der Waals surface area contributed by atoms with E-state index < -0.39 is 0 Å². The van der Waals surface area contributed by atoms with Gasteiger partial charge in [-0.15, -0.1) is 11.3 Å². The van der Waals surface area contributed by atoms with Crippen LogP contribution >= 0.6 is 46.3 Å². The standard InChI is InChI=1S/C19H11Cl2NO2S2/c20-11-5-6-12(13(21)9-11)16-7-8-17(24-16)15(23)10-25-19-22-14-3-1-2-4-18(14)26-19/h1-9H,10H2. The average molecular weight is 420 g/mol. The number of rotatable bonds is 5. The number of para-hydroxylation sites is 1. The molecule has 0 aliphatic rings. The number of fused-ring (bicyclic) bond motifs is 1. The van der Waals surface area contributed by atoms with Crippen molar-refractivity contribution in [1.82, 2.24) is 4.98 Å². The molecule has 0 spiro atoms. The zero-order chi connectivity index (χ0) is 18.1. The average Bonchev–Trinajstić information content (AvgIpc) is 3.26. The number of furan rings is 1. The van der Waals surface area contributed by atoms with Crippen LogP contribution in [0.5, 0.6) is 0 Å². The number of aromatic nitrogens is 1. The molecular weight excluding hydrogens is 409 g/mol. The molecule has 130 valence electrons. The van der Waals surface area contributed by atoms with Crippen LogP contribution < -0.4 is 0 Å². The molecule has 2 aromatic carbocycles. The van der Waals surface area contributed by atoms with Crippen LogP contribution in [-0.2, 0) is 0 Å². The highest BCUT2D eigenvalue weighted by atomic mass is 35.5. The number of benzene rings is 2. The first-order valence-electron chi connectivity index (χ1n) is 7.67. The molecule has 0 bridgehead atoms. The van der Waals surface area contributed by atoms with Crippen molar-refractivity contribution in [3.8, 4) is 11.3 Å². The Morgan fingerprint density at radius 1 is 1.12 bits per heavy atom. The van der Waals surface area contributed by atoms with Crippen molar-refractivity contribution in [3.05, 3.63) is 70.4 Å². The number of nitrogens with zero attached hydrogens (tertiary/aromatic N) is 1. The second kappa shape index (κ2) is 7.45. The number of hydrogen-bond acceptors (Lipinski definition) is 5. The highest BCUT2D eigenvalue weighted by Crippen LogP contribution is 2.33. The number of thioether (sulfide) groups is 1. The molecule has 2 heterocycles. The van der Waals surface area contributed by atoms with Crippen molar-refractivity contribution in [3.63, 3.8) is 0 Å². The molecule has 0 fully saturated rings. The Bertz CT molecular complexity index is 1070. The first-order valence-corrected chi connectivity index (χ1v) is 10.2. The summed E-state index contributed by atoms with van der Waals surface area (Å²) in [5, 5.41) is 1.03. The molecule has 4 rings (SSSR count). The van der Waals surface area contributed by atoms with E-state index >= 15 is 0 Å². The van der Waals surface area contributed by atoms with Crippen LogP contribution in [0.3, 0.4) is 0 Å². The van der Waals surface area contributed by atoms with Crippen molar-refractivity contribution in [2.75, 3.05) is 5.75 Å². The normalized spacial score (nSPS) is 11.2. The minimum atomic E-state index is -0.0920. The fourth-order valence-corrected chi connectivity index (χ4v) is 4.87. The number of halogens is 2. The van der Waals surface area contributed by atoms with E-state index in [4.69, 9.17) is 27.6 Å². The third-order valence-corrected chi connectivity index (χ3v) is 6.41. The number of thiazole rings is 1. The maximum Gasteiger partial charge on any atom is 0.208 e. The van der Waals surface area contributed by atoms with E-state index in [1.54, 1.807) is 41.7 Å². The molecule has 4 aromatic rings. The maximum atomic E-state index is 12.4. The monoisotopic (exact) mass is 419 g/mol. The van der Waals surface area contributed by atoms with Crippen LogP contribution in [0, 0.1) is 0 Å². The molecule has 0 aliphatic heterocycles. The van der Waals surface area contributed by atoms with Crippen LogP contribution in [-0.4, -0.2) is 16.5 Å². The lowest BCUT2D eigenvalue weighted by molar-refractivity contribution is 0.0993. The second-order valence-corrected chi connectivity index (χ2v) is 8.54. The van der Waals surface area contributed by atoms with Gasteiger partial charge in [0.25, 0.3) is 0 Å². The summed E-state index contributed by atoms with van der Waals surface area (Å²) in [4.78, 5) is 16.9. The van der Waals surface area contributed by atoms with Gasteiger partial charge in [0.05, 0.1) is 21.0 Å². The third kappa shape index (κ3) is 3.67. The summed E-state index contributed by atoms with van der Waals surface area (Å²) < 4.78 is 7.67. The molecule has 0 aliphatic carbocycles. The second-order valence-electron chi connectivity index (χ2n) is 5.45. The quantitative estimate of drug-likeness (QED) is 0.262.